The molecule has 0 bridgehead atoms. The molecule has 0 amide bonds. The molecule has 1 unspecified atom stereocenters. The minimum Gasteiger partial charge on any atom is -0.385 e. The van der Waals surface area contributed by atoms with Gasteiger partial charge in [0.05, 0.1) is 6.20 Å². The van der Waals surface area contributed by atoms with E-state index >= 15 is 0 Å². The zero-order valence-electron chi connectivity index (χ0n) is 9.65. The van der Waals surface area contributed by atoms with Gasteiger partial charge in [-0.3, -0.25) is 0 Å². The lowest BCUT2D eigenvalue weighted by molar-refractivity contribution is 0.188. The van der Waals surface area contributed by atoms with Gasteiger partial charge in [-0.05, 0) is 20.3 Å². The Kier molecular flexibility index (Phi) is 4.45. The third-order valence-corrected chi connectivity index (χ3v) is 3.58. The van der Waals surface area contributed by atoms with Crippen molar-refractivity contribution in [3.05, 3.63) is 12.0 Å². The summed E-state index contributed by atoms with van der Waals surface area (Å²) in [5.74, 6) is 0.574. The number of H-pyrrole nitrogens is 1. The van der Waals surface area contributed by atoms with E-state index in [1.54, 1.807) is 21.0 Å². The van der Waals surface area contributed by atoms with E-state index < -0.39 is 10.0 Å². The first-order chi connectivity index (χ1) is 7.45. The molecule has 0 aliphatic carbocycles. The molecule has 1 aromatic heterocycles. The fourth-order valence-electron chi connectivity index (χ4n) is 1.22. The van der Waals surface area contributed by atoms with Gasteiger partial charge in [-0.25, -0.2) is 18.1 Å². The quantitative estimate of drug-likeness (QED) is 0.763. The highest BCUT2D eigenvalue weighted by atomic mass is 32.2. The first kappa shape index (κ1) is 13.1. The molecule has 1 atom stereocenters. The number of nitrogens with zero attached hydrogens (tertiary/aromatic N) is 1. The van der Waals surface area contributed by atoms with Crippen LogP contribution in [0.5, 0.6) is 0 Å². The number of imidazole rings is 1. The van der Waals surface area contributed by atoms with E-state index in [2.05, 4.69) is 14.7 Å². The van der Waals surface area contributed by atoms with Crippen LogP contribution in [0.25, 0.3) is 0 Å². The van der Waals surface area contributed by atoms with Crippen molar-refractivity contribution in [1.29, 1.82) is 0 Å². The zero-order valence-corrected chi connectivity index (χ0v) is 10.5. The highest BCUT2D eigenvalue weighted by molar-refractivity contribution is 7.89. The van der Waals surface area contributed by atoms with E-state index in [0.29, 0.717) is 18.9 Å². The molecule has 0 aliphatic rings. The topological polar surface area (TPSA) is 84.1 Å². The van der Waals surface area contributed by atoms with Gasteiger partial charge >= 0.3 is 0 Å². The molecule has 1 heterocycles. The Morgan fingerprint density at radius 3 is 2.81 bits per heavy atom. The zero-order chi connectivity index (χ0) is 12.2. The first-order valence-corrected chi connectivity index (χ1v) is 6.47. The number of aromatic amines is 1. The van der Waals surface area contributed by atoms with Crippen LogP contribution in [0.1, 0.15) is 19.2 Å². The summed E-state index contributed by atoms with van der Waals surface area (Å²) >= 11 is 0. The minimum absolute atomic E-state index is 0.0919. The van der Waals surface area contributed by atoms with Crippen LogP contribution in [0.3, 0.4) is 0 Å². The van der Waals surface area contributed by atoms with Crippen LogP contribution in [0.15, 0.2) is 11.2 Å². The molecule has 0 spiro atoms. The monoisotopic (exact) mass is 247 g/mol. The van der Waals surface area contributed by atoms with Crippen LogP contribution in [0.4, 0.5) is 0 Å². The molecule has 0 radical (unpaired) electrons. The standard InChI is InChI=1S/C9H17N3O3S/c1-7(4-5-15-3)12-16(13,14)9-6-10-8(2)11-9/h6-7,12H,4-5H2,1-3H3,(H,10,11). The molecule has 1 aromatic rings. The van der Waals surface area contributed by atoms with Crippen molar-refractivity contribution >= 4 is 10.0 Å². The molecule has 16 heavy (non-hydrogen) atoms. The lowest BCUT2D eigenvalue weighted by atomic mass is 10.3. The maximum absolute atomic E-state index is 11.8. The van der Waals surface area contributed by atoms with Crippen molar-refractivity contribution in [3.8, 4) is 0 Å². The van der Waals surface area contributed by atoms with Gasteiger partial charge in [-0.2, -0.15) is 0 Å². The summed E-state index contributed by atoms with van der Waals surface area (Å²) in [6.45, 7) is 4.01. The lowest BCUT2D eigenvalue weighted by Gasteiger charge is -2.12. The van der Waals surface area contributed by atoms with Gasteiger partial charge in [-0.15, -0.1) is 0 Å². The van der Waals surface area contributed by atoms with Gasteiger partial charge < -0.3 is 9.72 Å². The van der Waals surface area contributed by atoms with Crippen molar-refractivity contribution in [1.82, 2.24) is 14.7 Å². The van der Waals surface area contributed by atoms with Crippen molar-refractivity contribution in [3.63, 3.8) is 0 Å². The third-order valence-electron chi connectivity index (χ3n) is 2.08. The van der Waals surface area contributed by atoms with Crippen LogP contribution in [0.2, 0.25) is 0 Å². The van der Waals surface area contributed by atoms with E-state index in [4.69, 9.17) is 4.74 Å². The number of rotatable bonds is 6. The first-order valence-electron chi connectivity index (χ1n) is 4.98. The molecule has 0 saturated carbocycles. The second-order valence-corrected chi connectivity index (χ2v) is 5.32. The van der Waals surface area contributed by atoms with E-state index in [0.717, 1.165) is 0 Å². The van der Waals surface area contributed by atoms with E-state index in [9.17, 15) is 8.42 Å². The number of hydrogen-bond acceptors (Lipinski definition) is 4. The Hall–Kier alpha value is -0.920. The highest BCUT2D eigenvalue weighted by Crippen LogP contribution is 2.06. The predicted molar refractivity (Wildman–Crippen MR) is 59.6 cm³/mol. The molecule has 7 heteroatoms. The average molecular weight is 247 g/mol. The smallest absolute Gasteiger partial charge is 0.257 e. The summed E-state index contributed by atoms with van der Waals surface area (Å²) in [6.07, 6.45) is 1.93. The van der Waals surface area contributed by atoms with E-state index in [1.165, 1.54) is 6.20 Å². The minimum atomic E-state index is -3.49. The highest BCUT2D eigenvalue weighted by Gasteiger charge is 2.18. The Labute approximate surface area is 95.5 Å². The lowest BCUT2D eigenvalue weighted by Crippen LogP contribution is -2.33. The Bertz CT molecular complexity index is 427. The van der Waals surface area contributed by atoms with Crippen molar-refractivity contribution in [2.45, 2.75) is 31.3 Å². The Morgan fingerprint density at radius 2 is 2.31 bits per heavy atom. The van der Waals surface area contributed by atoms with Crippen LogP contribution >= 0.6 is 0 Å². The molecule has 6 nitrogen and oxygen atoms in total. The number of hydrogen-bond donors (Lipinski definition) is 2. The summed E-state index contributed by atoms with van der Waals surface area (Å²) in [5, 5.41) is 0.0919. The number of nitrogens with one attached hydrogen (secondary N) is 2. The number of ether oxygens (including phenoxy) is 1. The molecule has 0 aliphatic heterocycles. The van der Waals surface area contributed by atoms with Crippen molar-refractivity contribution < 1.29 is 13.2 Å². The SMILES string of the molecule is COCCC(C)NS(=O)(=O)c1cnc(C)[nH]1. The molecule has 2 N–H and O–H groups in total. The maximum Gasteiger partial charge on any atom is 0.257 e. The molecular weight excluding hydrogens is 230 g/mol. The fraction of sp³-hybridized carbons (Fsp3) is 0.667. The summed E-state index contributed by atoms with van der Waals surface area (Å²) < 4.78 is 31.0. The van der Waals surface area contributed by atoms with Gasteiger partial charge in [-0.1, -0.05) is 0 Å². The molecule has 0 saturated heterocycles. The number of aryl methyl sites for hydroxylation is 1. The Morgan fingerprint density at radius 1 is 1.62 bits per heavy atom. The summed E-state index contributed by atoms with van der Waals surface area (Å²) in [6, 6.07) is -0.173. The second kappa shape index (κ2) is 5.42. The predicted octanol–water partition coefficient (Wildman–Crippen LogP) is 0.421. The van der Waals surface area contributed by atoms with Gasteiger partial charge in [0.15, 0.2) is 5.03 Å². The summed E-state index contributed by atoms with van der Waals surface area (Å²) in [7, 11) is -1.91. The third kappa shape index (κ3) is 3.58. The maximum atomic E-state index is 11.8. The number of methoxy groups -OCH3 is 1. The van der Waals surface area contributed by atoms with Crippen LogP contribution < -0.4 is 4.72 Å². The van der Waals surface area contributed by atoms with E-state index in [-0.39, 0.29) is 11.1 Å². The van der Waals surface area contributed by atoms with Gasteiger partial charge in [0.2, 0.25) is 0 Å². The molecule has 0 fully saturated rings. The normalized spacial score (nSPS) is 13.9. The second-order valence-electron chi connectivity index (χ2n) is 3.64. The van der Waals surface area contributed by atoms with Crippen molar-refractivity contribution in [2.24, 2.45) is 0 Å². The van der Waals surface area contributed by atoms with E-state index in [1.807, 2.05) is 0 Å². The summed E-state index contributed by atoms with van der Waals surface area (Å²) in [5.41, 5.74) is 0. The molecular formula is C9H17N3O3S. The van der Waals surface area contributed by atoms with Crippen LogP contribution in [-0.2, 0) is 14.8 Å². The molecule has 92 valence electrons. The average Bonchev–Trinajstić information content (AvgIpc) is 2.62. The fourth-order valence-corrected chi connectivity index (χ4v) is 2.46. The molecule has 0 aromatic carbocycles. The largest absolute Gasteiger partial charge is 0.385 e. The van der Waals surface area contributed by atoms with Crippen LogP contribution in [-0.4, -0.2) is 38.1 Å². The number of sulfonamides is 1. The summed E-state index contributed by atoms with van der Waals surface area (Å²) in [4.78, 5) is 6.54. The Balaban J connectivity index is 2.65. The van der Waals surface area contributed by atoms with Gasteiger partial charge in [0.25, 0.3) is 10.0 Å². The van der Waals surface area contributed by atoms with Gasteiger partial charge in [0, 0.05) is 19.8 Å². The number of aromatic nitrogens is 2. The molecule has 1 rings (SSSR count). The van der Waals surface area contributed by atoms with Crippen molar-refractivity contribution in [2.75, 3.05) is 13.7 Å². The van der Waals surface area contributed by atoms with Gasteiger partial charge in [0.1, 0.15) is 5.82 Å². The van der Waals surface area contributed by atoms with Crippen LogP contribution in [0, 0.1) is 6.92 Å².